The minimum atomic E-state index is -0.218. The Balaban J connectivity index is 1.29. The largest absolute Gasteiger partial charge is 0.306 e. The van der Waals surface area contributed by atoms with Gasteiger partial charge in [0, 0.05) is 61.3 Å². The number of likely N-dealkylation sites (tertiary alicyclic amines) is 1. The number of anilines is 1. The van der Waals surface area contributed by atoms with E-state index in [4.69, 9.17) is 0 Å². The topological polar surface area (TPSA) is 93.8 Å². The van der Waals surface area contributed by atoms with Gasteiger partial charge in [0.25, 0.3) is 5.91 Å². The second kappa shape index (κ2) is 8.74. The molecule has 1 N–H and O–H groups in total. The van der Waals surface area contributed by atoms with E-state index in [-0.39, 0.29) is 5.91 Å². The molecule has 0 radical (unpaired) electrons. The first kappa shape index (κ1) is 21.3. The number of nitrogens with one attached hydrogen (secondary N) is 1. The minimum Gasteiger partial charge on any atom is -0.306 e. The van der Waals surface area contributed by atoms with Crippen LogP contribution in [0.3, 0.4) is 0 Å². The molecule has 5 rings (SSSR count). The summed E-state index contributed by atoms with van der Waals surface area (Å²) >= 11 is 0. The molecule has 1 aliphatic rings. The van der Waals surface area contributed by atoms with E-state index in [1.165, 1.54) is 0 Å². The van der Waals surface area contributed by atoms with Crippen LogP contribution in [0, 0.1) is 0 Å². The Kier molecular flexibility index (Phi) is 5.63. The Morgan fingerprint density at radius 1 is 1.00 bits per heavy atom. The highest BCUT2D eigenvalue weighted by molar-refractivity contribution is 6.04. The van der Waals surface area contributed by atoms with E-state index in [0.29, 0.717) is 23.5 Å². The predicted molar refractivity (Wildman–Crippen MR) is 127 cm³/mol. The highest BCUT2D eigenvalue weighted by atomic mass is 16.1. The van der Waals surface area contributed by atoms with Gasteiger partial charge in [-0.15, -0.1) is 0 Å². The number of fused-ring (bicyclic) bond motifs is 1. The van der Waals surface area contributed by atoms with E-state index in [1.54, 1.807) is 29.5 Å². The first-order valence-corrected chi connectivity index (χ1v) is 11.3. The number of hydrogen-bond donors (Lipinski definition) is 1. The molecule has 0 aliphatic carbocycles. The summed E-state index contributed by atoms with van der Waals surface area (Å²) in [4.78, 5) is 24.2. The fourth-order valence-electron chi connectivity index (χ4n) is 4.34. The van der Waals surface area contributed by atoms with Crippen molar-refractivity contribution in [3.63, 3.8) is 0 Å². The SMILES string of the molecule is CC(C)N1CCC(n2cc(C(=O)Nc3cc4cc(-c5cnn(C)c5)cnc4cn3)cn2)CC1. The molecule has 0 unspecified atom stereocenters. The van der Waals surface area contributed by atoms with Gasteiger partial charge in [-0.1, -0.05) is 0 Å². The molecule has 9 heteroatoms. The van der Waals surface area contributed by atoms with Gasteiger partial charge in [-0.05, 0) is 38.8 Å². The number of aromatic nitrogens is 6. The lowest BCUT2D eigenvalue weighted by Gasteiger charge is -2.34. The van der Waals surface area contributed by atoms with Crippen LogP contribution in [-0.4, -0.2) is 59.5 Å². The quantitative estimate of drug-likeness (QED) is 0.506. The standard InChI is InChI=1S/C24H28N8O/c1-16(2)31-6-4-21(5-7-31)32-15-20(12-28-32)24(33)29-23-9-17-8-18(10-25-22(17)13-26-23)19-11-27-30(3)14-19/h8-16,21H,4-7H2,1-3H3,(H,26,29,33). The lowest BCUT2D eigenvalue weighted by molar-refractivity contribution is 0.102. The molecule has 0 spiro atoms. The third-order valence-corrected chi connectivity index (χ3v) is 6.31. The number of nitrogens with zero attached hydrogens (tertiary/aromatic N) is 7. The number of carbonyl (C=O) groups is 1. The average Bonchev–Trinajstić information content (AvgIpc) is 3.48. The molecular weight excluding hydrogens is 416 g/mol. The van der Waals surface area contributed by atoms with E-state index in [1.807, 2.05) is 36.3 Å². The van der Waals surface area contributed by atoms with E-state index in [2.05, 4.69) is 44.2 Å². The molecule has 1 saturated heterocycles. The highest BCUT2D eigenvalue weighted by Gasteiger charge is 2.23. The lowest BCUT2D eigenvalue weighted by Crippen LogP contribution is -2.39. The summed E-state index contributed by atoms with van der Waals surface area (Å²) in [5, 5.41) is 12.5. The summed E-state index contributed by atoms with van der Waals surface area (Å²) in [5.74, 6) is 0.264. The maximum absolute atomic E-state index is 12.8. The first-order valence-electron chi connectivity index (χ1n) is 11.3. The molecule has 4 aromatic rings. The van der Waals surface area contributed by atoms with Gasteiger partial charge in [0.15, 0.2) is 0 Å². The third-order valence-electron chi connectivity index (χ3n) is 6.31. The molecule has 1 aliphatic heterocycles. The number of hydrogen-bond acceptors (Lipinski definition) is 6. The Morgan fingerprint density at radius 3 is 2.55 bits per heavy atom. The van der Waals surface area contributed by atoms with Crippen molar-refractivity contribution < 1.29 is 4.79 Å². The molecule has 0 atom stereocenters. The molecular formula is C24H28N8O. The van der Waals surface area contributed by atoms with Crippen molar-refractivity contribution in [2.24, 2.45) is 7.05 Å². The van der Waals surface area contributed by atoms with Crippen molar-refractivity contribution in [2.75, 3.05) is 18.4 Å². The maximum Gasteiger partial charge on any atom is 0.260 e. The van der Waals surface area contributed by atoms with E-state index >= 15 is 0 Å². The number of rotatable bonds is 5. The van der Waals surface area contributed by atoms with Crippen LogP contribution in [0.5, 0.6) is 0 Å². The van der Waals surface area contributed by atoms with Gasteiger partial charge < -0.3 is 10.2 Å². The smallest absolute Gasteiger partial charge is 0.260 e. The zero-order chi connectivity index (χ0) is 22.9. The summed E-state index contributed by atoms with van der Waals surface area (Å²) < 4.78 is 3.69. The van der Waals surface area contributed by atoms with E-state index in [0.717, 1.165) is 48.0 Å². The average molecular weight is 445 g/mol. The van der Waals surface area contributed by atoms with E-state index in [9.17, 15) is 4.79 Å². The maximum atomic E-state index is 12.8. The van der Waals surface area contributed by atoms with Gasteiger partial charge in [0.2, 0.25) is 0 Å². The molecule has 0 aromatic carbocycles. The predicted octanol–water partition coefficient (Wildman–Crippen LogP) is 3.52. The number of amides is 1. The van der Waals surface area contributed by atoms with Crippen molar-refractivity contribution in [3.8, 4) is 11.1 Å². The van der Waals surface area contributed by atoms with Crippen molar-refractivity contribution in [1.29, 1.82) is 0 Å². The molecule has 9 nitrogen and oxygen atoms in total. The third kappa shape index (κ3) is 4.49. The summed E-state index contributed by atoms with van der Waals surface area (Å²) in [6.07, 6.45) is 12.8. The number of piperidine rings is 1. The zero-order valence-electron chi connectivity index (χ0n) is 19.1. The monoisotopic (exact) mass is 444 g/mol. The Labute approximate surface area is 192 Å². The van der Waals surface area contributed by atoms with Crippen LogP contribution in [0.1, 0.15) is 43.1 Å². The first-order chi connectivity index (χ1) is 16.0. The molecule has 33 heavy (non-hydrogen) atoms. The normalized spacial score (nSPS) is 15.4. The van der Waals surface area contributed by atoms with Gasteiger partial charge in [-0.25, -0.2) is 4.98 Å². The number of aryl methyl sites for hydroxylation is 1. The van der Waals surface area contributed by atoms with Crippen molar-refractivity contribution >= 4 is 22.6 Å². The summed E-state index contributed by atoms with van der Waals surface area (Å²) in [6.45, 7) is 6.57. The van der Waals surface area contributed by atoms with Crippen LogP contribution in [0.2, 0.25) is 0 Å². The molecule has 170 valence electrons. The zero-order valence-corrected chi connectivity index (χ0v) is 19.1. The van der Waals surface area contributed by atoms with Gasteiger partial charge in [-0.2, -0.15) is 10.2 Å². The van der Waals surface area contributed by atoms with Crippen molar-refractivity contribution in [1.82, 2.24) is 34.4 Å². The Morgan fingerprint density at radius 2 is 1.82 bits per heavy atom. The van der Waals surface area contributed by atoms with Crippen molar-refractivity contribution in [3.05, 3.63) is 54.9 Å². The van der Waals surface area contributed by atoms with Crippen LogP contribution in [0.15, 0.2) is 49.3 Å². The fraction of sp³-hybridized carbons (Fsp3) is 0.375. The summed E-state index contributed by atoms with van der Waals surface area (Å²) in [7, 11) is 1.88. The number of carbonyl (C=O) groups excluding carboxylic acids is 1. The van der Waals surface area contributed by atoms with Crippen LogP contribution in [-0.2, 0) is 7.05 Å². The Hall–Kier alpha value is -3.59. The van der Waals surface area contributed by atoms with Crippen LogP contribution in [0.4, 0.5) is 5.82 Å². The molecule has 1 fully saturated rings. The number of pyridine rings is 2. The van der Waals surface area contributed by atoms with Gasteiger partial charge in [-0.3, -0.25) is 19.1 Å². The molecule has 5 heterocycles. The lowest BCUT2D eigenvalue weighted by atomic mass is 10.0. The van der Waals surface area contributed by atoms with Gasteiger partial charge in [0.05, 0.1) is 35.7 Å². The minimum absolute atomic E-state index is 0.218. The molecule has 0 saturated carbocycles. The van der Waals surface area contributed by atoms with E-state index < -0.39 is 0 Å². The molecule has 1 amide bonds. The van der Waals surface area contributed by atoms with Crippen LogP contribution >= 0.6 is 0 Å². The Bertz CT molecular complexity index is 1280. The second-order valence-corrected chi connectivity index (χ2v) is 8.91. The fourth-order valence-corrected chi connectivity index (χ4v) is 4.34. The summed E-state index contributed by atoms with van der Waals surface area (Å²) in [6, 6.07) is 4.76. The van der Waals surface area contributed by atoms with Gasteiger partial charge in [0.1, 0.15) is 5.82 Å². The van der Waals surface area contributed by atoms with Crippen molar-refractivity contribution in [2.45, 2.75) is 38.8 Å². The van der Waals surface area contributed by atoms with Crippen LogP contribution < -0.4 is 5.32 Å². The summed E-state index contributed by atoms with van der Waals surface area (Å²) in [5.41, 5.74) is 3.25. The second-order valence-electron chi connectivity index (χ2n) is 8.91. The molecule has 4 aromatic heterocycles. The highest BCUT2D eigenvalue weighted by Crippen LogP contribution is 2.25. The van der Waals surface area contributed by atoms with Crippen LogP contribution in [0.25, 0.3) is 22.0 Å². The van der Waals surface area contributed by atoms with Gasteiger partial charge >= 0.3 is 0 Å². The molecule has 0 bridgehead atoms.